The monoisotopic (exact) mass is 173 g/mol. The number of nitrogens with zero attached hydrogens (tertiary/aromatic N) is 1. The van der Waals surface area contributed by atoms with Gasteiger partial charge >= 0.3 is 0 Å². The Balaban J connectivity index is 4.14. The molecular formula is C6H11N3O3. The number of hydrogen-bond acceptors (Lipinski definition) is 3. The number of amides is 3. The highest BCUT2D eigenvalue weighted by Crippen LogP contribution is 1.82. The molecule has 0 heterocycles. The van der Waals surface area contributed by atoms with Gasteiger partial charge in [0.2, 0.25) is 17.7 Å². The molecule has 6 heteroatoms. The molecule has 0 fully saturated rings. The smallest absolute Gasteiger partial charge is 0.239 e. The third kappa shape index (κ3) is 4.26. The fraction of sp³-hybridized carbons (Fsp3) is 0.500. The van der Waals surface area contributed by atoms with E-state index in [1.165, 1.54) is 13.8 Å². The third-order valence-corrected chi connectivity index (χ3v) is 0.986. The second-order valence-corrected chi connectivity index (χ2v) is 2.24. The Labute approximate surface area is 69.7 Å². The van der Waals surface area contributed by atoms with Crippen LogP contribution in [0.25, 0.3) is 0 Å². The number of hydrogen-bond donors (Lipinski definition) is 2. The van der Waals surface area contributed by atoms with Gasteiger partial charge in [-0.25, -0.2) is 5.01 Å². The van der Waals surface area contributed by atoms with Crippen molar-refractivity contribution in [1.29, 1.82) is 0 Å². The van der Waals surface area contributed by atoms with Crippen molar-refractivity contribution in [1.82, 2.24) is 10.4 Å². The van der Waals surface area contributed by atoms with Crippen LogP contribution in [0.1, 0.15) is 13.8 Å². The topological polar surface area (TPSA) is 92.5 Å². The van der Waals surface area contributed by atoms with Crippen molar-refractivity contribution in [2.45, 2.75) is 13.8 Å². The SMILES string of the molecule is CC(=O)NN(CC(N)=O)C(C)=O. The van der Waals surface area contributed by atoms with E-state index in [2.05, 4.69) is 5.43 Å². The summed E-state index contributed by atoms with van der Waals surface area (Å²) in [6, 6.07) is 0. The van der Waals surface area contributed by atoms with Gasteiger partial charge in [0.25, 0.3) is 0 Å². The van der Waals surface area contributed by atoms with Crippen molar-refractivity contribution in [2.24, 2.45) is 5.73 Å². The highest BCUT2D eigenvalue weighted by molar-refractivity contribution is 5.84. The quantitative estimate of drug-likeness (QED) is 0.491. The van der Waals surface area contributed by atoms with Crippen LogP contribution in [0, 0.1) is 0 Å². The molecule has 0 aliphatic carbocycles. The first-order valence-corrected chi connectivity index (χ1v) is 3.27. The predicted octanol–water partition coefficient (Wildman–Crippen LogP) is -1.63. The van der Waals surface area contributed by atoms with Gasteiger partial charge in [-0.15, -0.1) is 0 Å². The first-order valence-electron chi connectivity index (χ1n) is 3.27. The first-order chi connectivity index (χ1) is 5.43. The van der Waals surface area contributed by atoms with Crippen molar-refractivity contribution in [3.05, 3.63) is 0 Å². The Morgan fingerprint density at radius 3 is 2.08 bits per heavy atom. The molecule has 0 aromatic carbocycles. The van der Waals surface area contributed by atoms with Gasteiger partial charge < -0.3 is 5.73 Å². The van der Waals surface area contributed by atoms with Crippen molar-refractivity contribution in [3.8, 4) is 0 Å². The Hall–Kier alpha value is -1.59. The van der Waals surface area contributed by atoms with Crippen LogP contribution in [-0.2, 0) is 14.4 Å². The molecule has 0 saturated carbocycles. The summed E-state index contributed by atoms with van der Waals surface area (Å²) in [4.78, 5) is 31.6. The van der Waals surface area contributed by atoms with E-state index in [9.17, 15) is 14.4 Å². The average molecular weight is 173 g/mol. The van der Waals surface area contributed by atoms with E-state index >= 15 is 0 Å². The number of carbonyl (C=O) groups is 3. The van der Waals surface area contributed by atoms with Crippen molar-refractivity contribution in [2.75, 3.05) is 6.54 Å². The maximum absolute atomic E-state index is 10.7. The van der Waals surface area contributed by atoms with E-state index in [1.807, 2.05) is 0 Å². The molecule has 0 aromatic rings. The van der Waals surface area contributed by atoms with Gasteiger partial charge in [-0.1, -0.05) is 0 Å². The van der Waals surface area contributed by atoms with Crippen molar-refractivity contribution < 1.29 is 14.4 Å². The highest BCUT2D eigenvalue weighted by atomic mass is 16.2. The molecule has 0 rings (SSSR count). The third-order valence-electron chi connectivity index (χ3n) is 0.986. The Bertz CT molecular complexity index is 198. The Kier molecular flexibility index (Phi) is 3.75. The van der Waals surface area contributed by atoms with Gasteiger partial charge in [-0.2, -0.15) is 0 Å². The molecular weight excluding hydrogens is 162 g/mol. The second kappa shape index (κ2) is 4.32. The number of nitrogens with one attached hydrogen (secondary N) is 1. The molecule has 0 radical (unpaired) electrons. The largest absolute Gasteiger partial charge is 0.368 e. The number of hydrazine groups is 1. The first kappa shape index (κ1) is 10.4. The van der Waals surface area contributed by atoms with Gasteiger partial charge in [0.1, 0.15) is 6.54 Å². The van der Waals surface area contributed by atoms with E-state index in [0.717, 1.165) is 5.01 Å². The molecule has 0 spiro atoms. The van der Waals surface area contributed by atoms with Crippen LogP contribution in [0.4, 0.5) is 0 Å². The van der Waals surface area contributed by atoms with E-state index in [-0.39, 0.29) is 6.54 Å². The van der Waals surface area contributed by atoms with E-state index < -0.39 is 17.7 Å². The predicted molar refractivity (Wildman–Crippen MR) is 40.4 cm³/mol. The maximum atomic E-state index is 10.7. The molecule has 12 heavy (non-hydrogen) atoms. The van der Waals surface area contributed by atoms with Crippen LogP contribution < -0.4 is 11.2 Å². The number of nitrogens with two attached hydrogens (primary N) is 1. The van der Waals surface area contributed by atoms with Crippen LogP contribution in [0.15, 0.2) is 0 Å². The van der Waals surface area contributed by atoms with Crippen LogP contribution in [0.5, 0.6) is 0 Å². The zero-order chi connectivity index (χ0) is 9.72. The highest BCUT2D eigenvalue weighted by Gasteiger charge is 2.11. The lowest BCUT2D eigenvalue weighted by molar-refractivity contribution is -0.141. The molecule has 0 atom stereocenters. The molecule has 3 N–H and O–H groups in total. The summed E-state index contributed by atoms with van der Waals surface area (Å²) in [5, 5.41) is 0.852. The molecule has 0 saturated heterocycles. The van der Waals surface area contributed by atoms with Crippen LogP contribution in [-0.4, -0.2) is 29.3 Å². The summed E-state index contributed by atoms with van der Waals surface area (Å²) < 4.78 is 0. The molecule has 0 aliphatic heterocycles. The second-order valence-electron chi connectivity index (χ2n) is 2.24. The van der Waals surface area contributed by atoms with E-state index in [1.54, 1.807) is 0 Å². The standard InChI is InChI=1S/C6H11N3O3/c1-4(10)8-9(5(2)11)3-6(7)12/h3H2,1-2H3,(H2,7,12)(H,8,10). The van der Waals surface area contributed by atoms with Crippen LogP contribution in [0.2, 0.25) is 0 Å². The Morgan fingerprint density at radius 2 is 1.83 bits per heavy atom. The van der Waals surface area contributed by atoms with Crippen molar-refractivity contribution >= 4 is 17.7 Å². The lowest BCUT2D eigenvalue weighted by atomic mass is 10.5. The maximum Gasteiger partial charge on any atom is 0.239 e. The minimum atomic E-state index is -0.682. The van der Waals surface area contributed by atoms with E-state index in [0.29, 0.717) is 0 Å². The number of primary amides is 1. The van der Waals surface area contributed by atoms with Gasteiger partial charge in [0, 0.05) is 13.8 Å². The minimum Gasteiger partial charge on any atom is -0.368 e. The van der Waals surface area contributed by atoms with Gasteiger partial charge in [-0.05, 0) is 0 Å². The number of carbonyl (C=O) groups excluding carboxylic acids is 3. The van der Waals surface area contributed by atoms with Crippen LogP contribution in [0.3, 0.4) is 0 Å². The van der Waals surface area contributed by atoms with Crippen molar-refractivity contribution in [3.63, 3.8) is 0 Å². The lowest BCUT2D eigenvalue weighted by Gasteiger charge is -2.18. The molecule has 0 unspecified atom stereocenters. The molecule has 3 amide bonds. The summed E-state index contributed by atoms with van der Waals surface area (Å²) in [7, 11) is 0. The average Bonchev–Trinajstić information content (AvgIpc) is 1.83. The summed E-state index contributed by atoms with van der Waals surface area (Å²) in [5.41, 5.74) is 6.98. The van der Waals surface area contributed by atoms with Gasteiger partial charge in [0.15, 0.2) is 0 Å². The van der Waals surface area contributed by atoms with Gasteiger partial charge in [0.05, 0.1) is 0 Å². The number of rotatable bonds is 2. The summed E-state index contributed by atoms with van der Waals surface area (Å²) in [5.74, 6) is -1.55. The minimum absolute atomic E-state index is 0.311. The molecule has 0 aliphatic rings. The molecule has 6 nitrogen and oxygen atoms in total. The van der Waals surface area contributed by atoms with E-state index in [4.69, 9.17) is 5.73 Å². The fourth-order valence-corrected chi connectivity index (χ4v) is 0.575. The van der Waals surface area contributed by atoms with Crippen LogP contribution >= 0.6 is 0 Å². The molecule has 0 bridgehead atoms. The summed E-state index contributed by atoms with van der Waals surface area (Å²) >= 11 is 0. The van der Waals surface area contributed by atoms with Gasteiger partial charge in [-0.3, -0.25) is 19.8 Å². The molecule has 68 valence electrons. The zero-order valence-corrected chi connectivity index (χ0v) is 6.96. The normalized spacial score (nSPS) is 8.83. The zero-order valence-electron chi connectivity index (χ0n) is 6.96. The lowest BCUT2D eigenvalue weighted by Crippen LogP contribution is -2.48. The molecule has 0 aromatic heterocycles. The summed E-state index contributed by atoms with van der Waals surface area (Å²) in [6.45, 7) is 2.14. The fourth-order valence-electron chi connectivity index (χ4n) is 0.575. The summed E-state index contributed by atoms with van der Waals surface area (Å²) in [6.07, 6.45) is 0. The Morgan fingerprint density at radius 1 is 1.33 bits per heavy atom.